The van der Waals surface area contributed by atoms with Crippen LogP contribution in [0.2, 0.25) is 0 Å². The van der Waals surface area contributed by atoms with Crippen molar-refractivity contribution in [1.29, 1.82) is 0 Å². The van der Waals surface area contributed by atoms with Crippen molar-refractivity contribution in [3.8, 4) is 11.1 Å². The Kier molecular flexibility index (Phi) is 13.0. The largest absolute Gasteiger partial charge is 0.396 e. The highest BCUT2D eigenvalue weighted by Crippen LogP contribution is 2.22. The van der Waals surface area contributed by atoms with Gasteiger partial charge in [-0.05, 0) is 60.7 Å². The Morgan fingerprint density at radius 3 is 1.91 bits per heavy atom. The third-order valence-electron chi connectivity index (χ3n) is 8.12. The Morgan fingerprint density at radius 1 is 0.830 bits per heavy atom. The van der Waals surface area contributed by atoms with E-state index in [1.165, 1.54) is 28.0 Å². The normalized spacial score (nSPS) is 13.2. The molecule has 47 heavy (non-hydrogen) atoms. The zero-order valence-electron chi connectivity index (χ0n) is 28.4. The second-order valence-electron chi connectivity index (χ2n) is 13.7. The molecule has 0 unspecified atom stereocenters. The Bertz CT molecular complexity index is 1500. The van der Waals surface area contributed by atoms with Gasteiger partial charge in [-0.1, -0.05) is 86.7 Å². The molecule has 252 valence electrons. The number of benzene rings is 3. The van der Waals surface area contributed by atoms with Gasteiger partial charge in [-0.3, -0.25) is 14.4 Å². The van der Waals surface area contributed by atoms with Crippen molar-refractivity contribution in [3.63, 3.8) is 0 Å². The first-order valence-electron chi connectivity index (χ1n) is 15.9. The molecule has 0 spiro atoms. The number of nitrogens with two attached hydrogens (primary N) is 1. The maximum absolute atomic E-state index is 14.4. The molecule has 0 radical (unpaired) electrons. The van der Waals surface area contributed by atoms with Crippen molar-refractivity contribution >= 4 is 17.7 Å². The predicted octanol–water partition coefficient (Wildman–Crippen LogP) is 4.75. The molecule has 0 fully saturated rings. The monoisotopic (exact) mass is 644 g/mol. The summed E-state index contributed by atoms with van der Waals surface area (Å²) in [5.41, 5.74) is 8.59. The summed E-state index contributed by atoms with van der Waals surface area (Å²) < 4.78 is 13.7. The van der Waals surface area contributed by atoms with Gasteiger partial charge >= 0.3 is 0 Å². The Hall–Kier alpha value is -4.34. The first kappa shape index (κ1) is 37.1. The smallest absolute Gasteiger partial charge is 0.246 e. The van der Waals surface area contributed by atoms with Gasteiger partial charge in [0, 0.05) is 51.0 Å². The number of halogens is 1. The molecule has 2 atom stereocenters. The van der Waals surface area contributed by atoms with E-state index in [0.717, 1.165) is 16.7 Å². The van der Waals surface area contributed by atoms with E-state index in [9.17, 15) is 23.9 Å². The molecule has 0 aliphatic rings. The van der Waals surface area contributed by atoms with E-state index in [0.29, 0.717) is 12.0 Å². The minimum absolute atomic E-state index is 0.121. The van der Waals surface area contributed by atoms with Crippen molar-refractivity contribution in [2.24, 2.45) is 11.1 Å². The lowest BCUT2D eigenvalue weighted by atomic mass is 9.94. The van der Waals surface area contributed by atoms with Crippen molar-refractivity contribution in [2.45, 2.75) is 64.6 Å². The predicted molar refractivity (Wildman–Crippen MR) is 185 cm³/mol. The molecule has 0 bridgehead atoms. The second kappa shape index (κ2) is 16.5. The molecule has 3 aromatic carbocycles. The van der Waals surface area contributed by atoms with Gasteiger partial charge in [-0.25, -0.2) is 4.39 Å². The zero-order chi connectivity index (χ0) is 34.8. The number of aliphatic hydroxyl groups is 1. The topological polar surface area (TPSA) is 116 Å². The van der Waals surface area contributed by atoms with Gasteiger partial charge in [0.05, 0.1) is 0 Å². The number of hydrogen-bond acceptors (Lipinski definition) is 5. The summed E-state index contributed by atoms with van der Waals surface area (Å²) in [5.74, 6) is -1.62. The molecular formula is C38H49FN4O4. The van der Waals surface area contributed by atoms with Crippen LogP contribution >= 0.6 is 0 Å². The number of nitrogens with one attached hydrogen (secondary N) is 1. The molecule has 0 saturated heterocycles. The van der Waals surface area contributed by atoms with E-state index in [2.05, 4.69) is 5.32 Å². The molecule has 8 nitrogen and oxygen atoms in total. The van der Waals surface area contributed by atoms with Crippen LogP contribution < -0.4 is 11.1 Å². The first-order valence-corrected chi connectivity index (χ1v) is 15.9. The fourth-order valence-corrected chi connectivity index (χ4v) is 4.95. The van der Waals surface area contributed by atoms with Crippen molar-refractivity contribution < 1.29 is 23.9 Å². The quantitative estimate of drug-likeness (QED) is 0.207. The number of aliphatic hydroxyl groups excluding tert-OH is 1. The molecule has 3 aromatic rings. The summed E-state index contributed by atoms with van der Waals surface area (Å²) in [5, 5.41) is 12.6. The average Bonchev–Trinajstić information content (AvgIpc) is 3.05. The highest BCUT2D eigenvalue weighted by atomic mass is 19.1. The van der Waals surface area contributed by atoms with Crippen LogP contribution in [0.4, 0.5) is 4.39 Å². The van der Waals surface area contributed by atoms with Crippen LogP contribution in [0.3, 0.4) is 0 Å². The number of hydrogen-bond donors (Lipinski definition) is 3. The minimum atomic E-state index is -0.970. The van der Waals surface area contributed by atoms with Crippen LogP contribution in [-0.4, -0.2) is 77.5 Å². The fraction of sp³-hybridized carbons (Fsp3) is 0.395. The van der Waals surface area contributed by atoms with Gasteiger partial charge in [-0.15, -0.1) is 0 Å². The van der Waals surface area contributed by atoms with Crippen LogP contribution in [0.5, 0.6) is 0 Å². The molecule has 0 aromatic heterocycles. The molecule has 3 rings (SSSR count). The van der Waals surface area contributed by atoms with E-state index in [1.54, 1.807) is 32.3 Å². The summed E-state index contributed by atoms with van der Waals surface area (Å²) in [6, 6.07) is 21.6. The SMILES string of the molecule is CN(C(=O)/C=C/CC(C)(C)N)[C@H](Cc1ccc(-c2ccccc2)cc1)C(=O)N(C)[C@H](Cc1ccc(F)cc1)C(=O)NCC(C)(C)CO. The number of carbonyl (C=O) groups is 3. The highest BCUT2D eigenvalue weighted by molar-refractivity contribution is 5.95. The number of rotatable bonds is 15. The molecule has 0 heterocycles. The number of carbonyl (C=O) groups excluding carboxylic acids is 3. The third kappa shape index (κ3) is 11.4. The van der Waals surface area contributed by atoms with Gasteiger partial charge in [0.25, 0.3) is 0 Å². The van der Waals surface area contributed by atoms with Crippen molar-refractivity contribution in [1.82, 2.24) is 15.1 Å². The van der Waals surface area contributed by atoms with E-state index in [1.807, 2.05) is 82.3 Å². The first-order chi connectivity index (χ1) is 22.1. The van der Waals surface area contributed by atoms with Gasteiger partial charge < -0.3 is 26.0 Å². The lowest BCUT2D eigenvalue weighted by Gasteiger charge is -2.35. The van der Waals surface area contributed by atoms with Gasteiger partial charge in [0.2, 0.25) is 17.7 Å². The lowest BCUT2D eigenvalue weighted by molar-refractivity contribution is -0.146. The fourth-order valence-electron chi connectivity index (χ4n) is 4.95. The molecule has 3 amide bonds. The summed E-state index contributed by atoms with van der Waals surface area (Å²) in [6.45, 7) is 7.39. The van der Waals surface area contributed by atoms with E-state index in [4.69, 9.17) is 5.73 Å². The Labute approximate surface area is 278 Å². The number of nitrogens with zero attached hydrogens (tertiary/aromatic N) is 2. The molecule has 0 aliphatic carbocycles. The maximum atomic E-state index is 14.4. The molecule has 0 saturated carbocycles. The van der Waals surface area contributed by atoms with E-state index in [-0.39, 0.29) is 31.9 Å². The van der Waals surface area contributed by atoms with E-state index >= 15 is 0 Å². The zero-order valence-corrected chi connectivity index (χ0v) is 28.4. The Morgan fingerprint density at radius 2 is 1.36 bits per heavy atom. The second-order valence-corrected chi connectivity index (χ2v) is 13.7. The minimum Gasteiger partial charge on any atom is -0.396 e. The molecule has 0 aliphatic heterocycles. The van der Waals surface area contributed by atoms with Crippen molar-refractivity contribution in [2.75, 3.05) is 27.2 Å². The number of likely N-dealkylation sites (N-methyl/N-ethyl adjacent to an activating group) is 2. The highest BCUT2D eigenvalue weighted by Gasteiger charge is 2.35. The lowest BCUT2D eigenvalue weighted by Crippen LogP contribution is -2.56. The van der Waals surface area contributed by atoms with Crippen molar-refractivity contribution in [3.05, 3.63) is 108 Å². The van der Waals surface area contributed by atoms with E-state index < -0.39 is 40.7 Å². The van der Waals surface area contributed by atoms with Gasteiger partial charge in [0.15, 0.2) is 0 Å². The Balaban J connectivity index is 1.95. The summed E-state index contributed by atoms with van der Waals surface area (Å²) in [4.78, 5) is 44.2. The summed E-state index contributed by atoms with van der Waals surface area (Å²) >= 11 is 0. The summed E-state index contributed by atoms with van der Waals surface area (Å²) in [6.07, 6.45) is 3.92. The standard InChI is InChI=1S/C38H49FN4O4/c1-37(2,26-44)25-41-35(46)32(23-28-16-20-31(39)21-17-28)43(6)36(47)33(42(5)34(45)13-10-22-38(3,4)40)24-27-14-18-30(19-15-27)29-11-8-7-9-12-29/h7-21,32-33,44H,22-26,40H2,1-6H3,(H,41,46)/b13-10+/t32-,33-/m1/s1. The number of amides is 3. The van der Waals surface area contributed by atoms with Crippen LogP contribution in [-0.2, 0) is 27.2 Å². The van der Waals surface area contributed by atoms with Crippen LogP contribution in [0.1, 0.15) is 45.2 Å². The maximum Gasteiger partial charge on any atom is 0.246 e. The average molecular weight is 645 g/mol. The third-order valence-corrected chi connectivity index (χ3v) is 8.12. The van der Waals surface area contributed by atoms with Gasteiger partial charge in [0.1, 0.15) is 17.9 Å². The van der Waals surface area contributed by atoms with Gasteiger partial charge in [-0.2, -0.15) is 0 Å². The molecule has 4 N–H and O–H groups in total. The summed E-state index contributed by atoms with van der Waals surface area (Å²) in [7, 11) is 3.12. The van der Waals surface area contributed by atoms with Crippen LogP contribution in [0.25, 0.3) is 11.1 Å². The van der Waals surface area contributed by atoms with Crippen LogP contribution in [0, 0.1) is 11.2 Å². The molecular weight excluding hydrogens is 595 g/mol. The molecule has 9 heteroatoms. The van der Waals surface area contributed by atoms with Crippen LogP contribution in [0.15, 0.2) is 91.0 Å².